The van der Waals surface area contributed by atoms with Crippen molar-refractivity contribution in [1.29, 1.82) is 0 Å². The third-order valence-electron chi connectivity index (χ3n) is 2.33. The van der Waals surface area contributed by atoms with Gasteiger partial charge in [-0.3, -0.25) is 0 Å². The zero-order valence-corrected chi connectivity index (χ0v) is 10.6. The summed E-state index contributed by atoms with van der Waals surface area (Å²) >= 11 is 3.27. The number of benzene rings is 1. The van der Waals surface area contributed by atoms with Gasteiger partial charge in [-0.05, 0) is 18.6 Å². The lowest BCUT2D eigenvalue weighted by Crippen LogP contribution is -2.39. The second kappa shape index (κ2) is 5.82. The highest BCUT2D eigenvalue weighted by atomic mass is 79.9. The van der Waals surface area contributed by atoms with Crippen molar-refractivity contribution in [3.63, 3.8) is 0 Å². The van der Waals surface area contributed by atoms with E-state index in [1.807, 2.05) is 0 Å². The molecule has 0 aromatic heterocycles. The van der Waals surface area contributed by atoms with Crippen LogP contribution in [0.2, 0.25) is 0 Å². The van der Waals surface area contributed by atoms with Gasteiger partial charge < -0.3 is 5.32 Å². The van der Waals surface area contributed by atoms with Crippen LogP contribution in [0.15, 0.2) is 28.7 Å². The van der Waals surface area contributed by atoms with Crippen molar-refractivity contribution in [3.8, 4) is 0 Å². The monoisotopic (exact) mass is 313 g/mol. The van der Waals surface area contributed by atoms with Crippen LogP contribution >= 0.6 is 15.9 Å². The van der Waals surface area contributed by atoms with E-state index in [9.17, 15) is 17.6 Å². The second-order valence-corrected chi connectivity index (χ2v) is 4.54. The second-order valence-electron chi connectivity index (χ2n) is 3.69. The Balaban J connectivity index is 2.62. The van der Waals surface area contributed by atoms with Crippen LogP contribution in [-0.4, -0.2) is 18.9 Å². The minimum absolute atomic E-state index is 0.435. The summed E-state index contributed by atoms with van der Waals surface area (Å²) in [7, 11) is 0. The van der Waals surface area contributed by atoms with Gasteiger partial charge in [0, 0.05) is 10.5 Å². The summed E-state index contributed by atoms with van der Waals surface area (Å²) in [5, 5.41) is 2.40. The van der Waals surface area contributed by atoms with Gasteiger partial charge in [0.25, 0.3) is 0 Å². The Bertz CT molecular complexity index is 370. The molecule has 0 bridgehead atoms. The fourth-order valence-electron chi connectivity index (χ4n) is 1.30. The summed E-state index contributed by atoms with van der Waals surface area (Å²) in [5.74, 6) is -4.00. The zero-order valence-electron chi connectivity index (χ0n) is 9.06. The smallest absolute Gasteiger partial charge is 0.304 e. The Labute approximate surface area is 105 Å². The van der Waals surface area contributed by atoms with Gasteiger partial charge in [-0.2, -0.15) is 8.78 Å². The van der Waals surface area contributed by atoms with E-state index in [1.54, 1.807) is 31.2 Å². The molecule has 1 rings (SSSR count). The summed E-state index contributed by atoms with van der Waals surface area (Å²) in [6, 6.07) is 6.61. The lowest BCUT2D eigenvalue weighted by molar-refractivity contribution is -0.126. The Morgan fingerprint density at radius 1 is 1.29 bits per heavy atom. The van der Waals surface area contributed by atoms with Crippen molar-refractivity contribution in [2.75, 3.05) is 6.54 Å². The minimum atomic E-state index is -4.00. The molecular weight excluding hydrogens is 302 g/mol. The van der Waals surface area contributed by atoms with E-state index in [0.29, 0.717) is 0 Å². The Hall–Kier alpha value is -0.620. The highest BCUT2D eigenvalue weighted by molar-refractivity contribution is 9.10. The molecule has 0 radical (unpaired) electrons. The third-order valence-corrected chi connectivity index (χ3v) is 3.06. The molecule has 0 amide bonds. The standard InChI is InChI=1S/C11H12BrF4N/c1-7(8-4-2-3-5-9(8)12)17-6-11(15,16)10(13)14/h2-5,7,10,17H,6H2,1H3. The number of alkyl halides is 4. The van der Waals surface area contributed by atoms with Gasteiger partial charge in [0.15, 0.2) is 0 Å². The Morgan fingerprint density at radius 3 is 2.41 bits per heavy atom. The lowest BCUT2D eigenvalue weighted by Gasteiger charge is -2.20. The van der Waals surface area contributed by atoms with Gasteiger partial charge in [0.2, 0.25) is 0 Å². The number of hydrogen-bond acceptors (Lipinski definition) is 1. The highest BCUT2D eigenvalue weighted by Gasteiger charge is 2.40. The van der Waals surface area contributed by atoms with Crippen LogP contribution in [0.5, 0.6) is 0 Å². The molecule has 17 heavy (non-hydrogen) atoms. The number of nitrogens with one attached hydrogen (secondary N) is 1. The summed E-state index contributed by atoms with van der Waals surface area (Å²) in [4.78, 5) is 0. The molecule has 1 N–H and O–H groups in total. The van der Waals surface area contributed by atoms with Crippen LogP contribution in [0, 0.1) is 0 Å². The molecule has 0 aliphatic heterocycles. The van der Waals surface area contributed by atoms with Crippen LogP contribution < -0.4 is 5.32 Å². The van der Waals surface area contributed by atoms with Crippen molar-refractivity contribution < 1.29 is 17.6 Å². The van der Waals surface area contributed by atoms with Crippen molar-refractivity contribution in [2.45, 2.75) is 25.3 Å². The SMILES string of the molecule is CC(NCC(F)(F)C(F)F)c1ccccc1Br. The van der Waals surface area contributed by atoms with Crippen molar-refractivity contribution in [1.82, 2.24) is 5.32 Å². The largest absolute Gasteiger partial charge is 0.319 e. The minimum Gasteiger partial charge on any atom is -0.304 e. The number of halogens is 5. The average molecular weight is 314 g/mol. The molecule has 0 saturated heterocycles. The molecule has 0 fully saturated rings. The molecule has 1 nitrogen and oxygen atoms in total. The molecule has 0 aliphatic carbocycles. The Kier molecular flexibility index (Phi) is 4.94. The van der Waals surface area contributed by atoms with Crippen LogP contribution in [0.1, 0.15) is 18.5 Å². The fourth-order valence-corrected chi connectivity index (χ4v) is 1.93. The van der Waals surface area contributed by atoms with E-state index >= 15 is 0 Å². The highest BCUT2D eigenvalue weighted by Crippen LogP contribution is 2.25. The van der Waals surface area contributed by atoms with E-state index in [2.05, 4.69) is 21.2 Å². The van der Waals surface area contributed by atoms with Gasteiger partial charge in [0.1, 0.15) is 0 Å². The first-order chi connectivity index (χ1) is 7.84. The van der Waals surface area contributed by atoms with Crippen LogP contribution in [0.3, 0.4) is 0 Å². The molecular formula is C11H12BrF4N. The summed E-state index contributed by atoms with van der Waals surface area (Å²) in [5.41, 5.74) is 0.748. The Morgan fingerprint density at radius 2 is 1.88 bits per heavy atom. The molecule has 1 aromatic rings. The predicted octanol–water partition coefficient (Wildman–Crippen LogP) is 4.00. The topological polar surface area (TPSA) is 12.0 Å². The molecule has 0 saturated carbocycles. The van der Waals surface area contributed by atoms with Gasteiger partial charge in [-0.25, -0.2) is 8.78 Å². The van der Waals surface area contributed by atoms with E-state index in [1.165, 1.54) is 0 Å². The van der Waals surface area contributed by atoms with E-state index in [4.69, 9.17) is 0 Å². The molecule has 1 atom stereocenters. The molecule has 0 heterocycles. The van der Waals surface area contributed by atoms with E-state index in [0.717, 1.165) is 10.0 Å². The van der Waals surface area contributed by atoms with Gasteiger partial charge >= 0.3 is 12.3 Å². The quantitative estimate of drug-likeness (QED) is 0.810. The van der Waals surface area contributed by atoms with E-state index in [-0.39, 0.29) is 0 Å². The van der Waals surface area contributed by atoms with Crippen LogP contribution in [0.25, 0.3) is 0 Å². The van der Waals surface area contributed by atoms with Crippen LogP contribution in [-0.2, 0) is 0 Å². The van der Waals surface area contributed by atoms with Gasteiger partial charge in [-0.15, -0.1) is 0 Å². The van der Waals surface area contributed by atoms with Gasteiger partial charge in [0.05, 0.1) is 6.54 Å². The van der Waals surface area contributed by atoms with Crippen LogP contribution in [0.4, 0.5) is 17.6 Å². The number of rotatable bonds is 5. The van der Waals surface area contributed by atoms with Crippen molar-refractivity contribution >= 4 is 15.9 Å². The summed E-state index contributed by atoms with van der Waals surface area (Å²) in [6.07, 6.45) is -3.65. The average Bonchev–Trinajstić information content (AvgIpc) is 2.26. The molecule has 96 valence electrons. The molecule has 1 aromatic carbocycles. The zero-order chi connectivity index (χ0) is 13.1. The predicted molar refractivity (Wildman–Crippen MR) is 61.5 cm³/mol. The maximum Gasteiger partial charge on any atom is 0.319 e. The molecule has 0 spiro atoms. The maximum absolute atomic E-state index is 12.7. The molecule has 0 aliphatic rings. The normalized spacial score (nSPS) is 14.1. The summed E-state index contributed by atoms with van der Waals surface area (Å²) < 4.78 is 50.0. The maximum atomic E-state index is 12.7. The first-order valence-electron chi connectivity index (χ1n) is 4.98. The molecule has 6 heteroatoms. The molecule has 1 unspecified atom stereocenters. The fraction of sp³-hybridized carbons (Fsp3) is 0.455. The van der Waals surface area contributed by atoms with E-state index < -0.39 is 24.9 Å². The first-order valence-corrected chi connectivity index (χ1v) is 5.77. The first kappa shape index (κ1) is 14.4. The van der Waals surface area contributed by atoms with Crippen molar-refractivity contribution in [2.24, 2.45) is 0 Å². The number of hydrogen-bond donors (Lipinski definition) is 1. The third kappa shape index (κ3) is 3.96. The summed E-state index contributed by atoms with van der Waals surface area (Å²) in [6.45, 7) is 0.592. The van der Waals surface area contributed by atoms with Gasteiger partial charge in [-0.1, -0.05) is 34.1 Å². The lowest BCUT2D eigenvalue weighted by atomic mass is 10.1. The van der Waals surface area contributed by atoms with Crippen molar-refractivity contribution in [3.05, 3.63) is 34.3 Å².